The maximum Gasteiger partial charge on any atom is 0.326 e. The van der Waals surface area contributed by atoms with Crippen LogP contribution < -0.4 is 0 Å². The van der Waals surface area contributed by atoms with Crippen LogP contribution in [-0.2, 0) is 16.1 Å². The third-order valence-corrected chi connectivity index (χ3v) is 3.13. The standard InChI is InChI=1S/C11H16N4O3/c16-10(4-6-14-8-12-7-13-14)15-5-2-1-3-9(15)11(17)18/h7-9H,1-6H2,(H,17,18)/t9-/m0/s1. The fourth-order valence-electron chi connectivity index (χ4n) is 2.19. The first-order chi connectivity index (χ1) is 8.68. The number of aliphatic carboxylic acids is 1. The van der Waals surface area contributed by atoms with E-state index in [9.17, 15) is 9.59 Å². The molecule has 1 saturated heterocycles. The minimum Gasteiger partial charge on any atom is -0.480 e. The molecule has 1 fully saturated rings. The van der Waals surface area contributed by atoms with Gasteiger partial charge in [-0.15, -0.1) is 0 Å². The SMILES string of the molecule is O=C(O)[C@@H]1CCCCN1C(=O)CCn1cncn1. The summed E-state index contributed by atoms with van der Waals surface area (Å²) in [7, 11) is 0. The Labute approximate surface area is 104 Å². The van der Waals surface area contributed by atoms with Crippen LogP contribution in [0.15, 0.2) is 12.7 Å². The van der Waals surface area contributed by atoms with Gasteiger partial charge >= 0.3 is 5.97 Å². The topological polar surface area (TPSA) is 88.3 Å². The number of carbonyl (C=O) groups is 2. The normalized spacial score (nSPS) is 19.8. The number of nitrogens with zero attached hydrogens (tertiary/aromatic N) is 4. The molecule has 2 heterocycles. The van der Waals surface area contributed by atoms with Gasteiger partial charge in [0.15, 0.2) is 0 Å². The second kappa shape index (κ2) is 5.61. The van der Waals surface area contributed by atoms with Crippen molar-refractivity contribution in [1.82, 2.24) is 19.7 Å². The minimum atomic E-state index is -0.913. The van der Waals surface area contributed by atoms with Crippen molar-refractivity contribution in [3.63, 3.8) is 0 Å². The van der Waals surface area contributed by atoms with Crippen LogP contribution in [0.1, 0.15) is 25.7 Å². The molecule has 1 aromatic rings. The van der Waals surface area contributed by atoms with Gasteiger partial charge < -0.3 is 10.0 Å². The van der Waals surface area contributed by atoms with E-state index in [-0.39, 0.29) is 12.3 Å². The predicted octanol–water partition coefficient (Wildman–Crippen LogP) is 0.134. The van der Waals surface area contributed by atoms with E-state index in [1.807, 2.05) is 0 Å². The zero-order valence-electron chi connectivity index (χ0n) is 10.0. The molecule has 0 aliphatic carbocycles. The van der Waals surface area contributed by atoms with Crippen molar-refractivity contribution in [3.8, 4) is 0 Å². The van der Waals surface area contributed by atoms with E-state index >= 15 is 0 Å². The van der Waals surface area contributed by atoms with Crippen LogP contribution in [0.5, 0.6) is 0 Å². The number of rotatable bonds is 4. The first kappa shape index (κ1) is 12.5. The number of amides is 1. The highest BCUT2D eigenvalue weighted by Gasteiger charge is 2.31. The molecule has 98 valence electrons. The number of hydrogen-bond acceptors (Lipinski definition) is 4. The number of aromatic nitrogens is 3. The maximum atomic E-state index is 12.0. The highest BCUT2D eigenvalue weighted by atomic mass is 16.4. The van der Waals surface area contributed by atoms with Gasteiger partial charge in [-0.1, -0.05) is 0 Å². The number of carbonyl (C=O) groups excluding carboxylic acids is 1. The van der Waals surface area contributed by atoms with Crippen molar-refractivity contribution >= 4 is 11.9 Å². The third kappa shape index (κ3) is 2.85. The van der Waals surface area contributed by atoms with Crippen molar-refractivity contribution in [2.24, 2.45) is 0 Å². The fourth-order valence-corrected chi connectivity index (χ4v) is 2.19. The molecule has 1 atom stereocenters. The first-order valence-electron chi connectivity index (χ1n) is 6.03. The molecule has 1 aliphatic rings. The Kier molecular flexibility index (Phi) is 3.91. The van der Waals surface area contributed by atoms with Crippen LogP contribution in [0.3, 0.4) is 0 Å². The fraction of sp³-hybridized carbons (Fsp3) is 0.636. The Bertz CT molecular complexity index is 418. The van der Waals surface area contributed by atoms with Crippen molar-refractivity contribution < 1.29 is 14.7 Å². The van der Waals surface area contributed by atoms with Gasteiger partial charge in [0, 0.05) is 13.0 Å². The van der Waals surface area contributed by atoms with Gasteiger partial charge in [-0.3, -0.25) is 9.48 Å². The van der Waals surface area contributed by atoms with E-state index in [4.69, 9.17) is 5.11 Å². The predicted molar refractivity (Wildman–Crippen MR) is 61.6 cm³/mol. The lowest BCUT2D eigenvalue weighted by molar-refractivity contribution is -0.152. The number of carboxylic acid groups (broad SMARTS) is 1. The molecule has 0 bridgehead atoms. The Hall–Kier alpha value is -1.92. The summed E-state index contributed by atoms with van der Waals surface area (Å²) in [6.07, 6.45) is 5.49. The maximum absolute atomic E-state index is 12.0. The average Bonchev–Trinajstić information content (AvgIpc) is 2.89. The monoisotopic (exact) mass is 252 g/mol. The molecular weight excluding hydrogens is 236 g/mol. The number of carboxylic acids is 1. The van der Waals surface area contributed by atoms with Crippen LogP contribution in [-0.4, -0.2) is 49.2 Å². The Morgan fingerprint density at radius 1 is 1.39 bits per heavy atom. The second-order valence-electron chi connectivity index (χ2n) is 4.35. The summed E-state index contributed by atoms with van der Waals surface area (Å²) in [5.74, 6) is -1.04. The molecule has 1 aliphatic heterocycles. The second-order valence-corrected chi connectivity index (χ2v) is 4.35. The average molecular weight is 252 g/mol. The molecule has 0 radical (unpaired) electrons. The van der Waals surface area contributed by atoms with Crippen LogP contribution in [0.4, 0.5) is 0 Å². The minimum absolute atomic E-state index is 0.127. The van der Waals surface area contributed by atoms with Crippen LogP contribution in [0, 0.1) is 0 Å². The van der Waals surface area contributed by atoms with E-state index in [1.165, 1.54) is 17.6 Å². The lowest BCUT2D eigenvalue weighted by Crippen LogP contribution is -2.48. The van der Waals surface area contributed by atoms with E-state index in [0.29, 0.717) is 19.5 Å². The summed E-state index contributed by atoms with van der Waals surface area (Å²) in [5.41, 5.74) is 0. The molecule has 2 rings (SSSR count). The zero-order chi connectivity index (χ0) is 13.0. The Balaban J connectivity index is 1.92. The van der Waals surface area contributed by atoms with Crippen LogP contribution in [0.2, 0.25) is 0 Å². The summed E-state index contributed by atoms with van der Waals surface area (Å²) >= 11 is 0. The number of likely N-dealkylation sites (tertiary alicyclic amines) is 1. The van der Waals surface area contributed by atoms with E-state index in [0.717, 1.165) is 12.8 Å². The number of hydrogen-bond donors (Lipinski definition) is 1. The first-order valence-corrected chi connectivity index (χ1v) is 6.03. The largest absolute Gasteiger partial charge is 0.480 e. The van der Waals surface area contributed by atoms with E-state index < -0.39 is 12.0 Å². The van der Waals surface area contributed by atoms with Gasteiger partial charge in [-0.2, -0.15) is 5.10 Å². The van der Waals surface area contributed by atoms with Crippen molar-refractivity contribution in [1.29, 1.82) is 0 Å². The van der Waals surface area contributed by atoms with Gasteiger partial charge in [0.2, 0.25) is 5.91 Å². The molecule has 0 unspecified atom stereocenters. The van der Waals surface area contributed by atoms with Crippen LogP contribution in [0.25, 0.3) is 0 Å². The lowest BCUT2D eigenvalue weighted by Gasteiger charge is -2.33. The van der Waals surface area contributed by atoms with Gasteiger partial charge in [0.05, 0.1) is 6.54 Å². The molecule has 0 spiro atoms. The van der Waals surface area contributed by atoms with E-state index in [2.05, 4.69) is 10.1 Å². The van der Waals surface area contributed by atoms with Crippen molar-refractivity contribution in [2.45, 2.75) is 38.3 Å². The van der Waals surface area contributed by atoms with Gasteiger partial charge in [-0.25, -0.2) is 9.78 Å². The molecule has 0 saturated carbocycles. The molecule has 0 aromatic carbocycles. The van der Waals surface area contributed by atoms with Crippen molar-refractivity contribution in [3.05, 3.63) is 12.7 Å². The molecule has 1 N–H and O–H groups in total. The lowest BCUT2D eigenvalue weighted by atomic mass is 10.0. The highest BCUT2D eigenvalue weighted by Crippen LogP contribution is 2.18. The smallest absolute Gasteiger partial charge is 0.326 e. The number of piperidine rings is 1. The van der Waals surface area contributed by atoms with Gasteiger partial charge in [0.1, 0.15) is 18.7 Å². The van der Waals surface area contributed by atoms with E-state index in [1.54, 1.807) is 4.68 Å². The quantitative estimate of drug-likeness (QED) is 0.823. The Morgan fingerprint density at radius 3 is 2.89 bits per heavy atom. The van der Waals surface area contributed by atoms with Gasteiger partial charge in [0.25, 0.3) is 0 Å². The molecule has 7 heteroatoms. The number of aryl methyl sites for hydroxylation is 1. The molecule has 18 heavy (non-hydrogen) atoms. The van der Waals surface area contributed by atoms with Gasteiger partial charge in [-0.05, 0) is 19.3 Å². The highest BCUT2D eigenvalue weighted by molar-refractivity contribution is 5.83. The summed E-state index contributed by atoms with van der Waals surface area (Å²) in [4.78, 5) is 28.4. The summed E-state index contributed by atoms with van der Waals surface area (Å²) in [6, 6.07) is -0.665. The molecule has 7 nitrogen and oxygen atoms in total. The summed E-state index contributed by atoms with van der Waals surface area (Å²) in [6.45, 7) is 0.967. The summed E-state index contributed by atoms with van der Waals surface area (Å²) < 4.78 is 1.57. The zero-order valence-corrected chi connectivity index (χ0v) is 10.0. The van der Waals surface area contributed by atoms with Crippen molar-refractivity contribution in [2.75, 3.05) is 6.54 Å². The summed E-state index contributed by atoms with van der Waals surface area (Å²) in [5, 5.41) is 13.0. The molecule has 1 amide bonds. The molecule has 1 aromatic heterocycles. The Morgan fingerprint density at radius 2 is 2.22 bits per heavy atom. The van der Waals surface area contributed by atoms with Crippen LogP contribution >= 0.6 is 0 Å². The third-order valence-electron chi connectivity index (χ3n) is 3.13. The molecular formula is C11H16N4O3.